The standard InChI is InChI=1S/C20H18O.C5H9NO/c1-21-19-14-12-18(13-15-19)20(16-8-4-2-5-9-16)17-10-6-3-7-11-17;1-6-4-2-3-5(6)7/h2-15,20H,1H3;2-4H2,1H3. The van der Waals surface area contributed by atoms with Gasteiger partial charge in [0.05, 0.1) is 7.11 Å². The van der Waals surface area contributed by atoms with Gasteiger partial charge in [-0.25, -0.2) is 0 Å². The van der Waals surface area contributed by atoms with Gasteiger partial charge in [-0.2, -0.15) is 0 Å². The maximum Gasteiger partial charge on any atom is 0.222 e. The van der Waals surface area contributed by atoms with Crippen molar-refractivity contribution < 1.29 is 9.53 Å². The number of ether oxygens (including phenoxy) is 1. The van der Waals surface area contributed by atoms with Gasteiger partial charge in [-0.3, -0.25) is 4.79 Å². The first-order valence-corrected chi connectivity index (χ1v) is 9.67. The Morgan fingerprint density at radius 1 is 0.786 bits per heavy atom. The quantitative estimate of drug-likeness (QED) is 0.595. The molecule has 0 aromatic heterocycles. The largest absolute Gasteiger partial charge is 0.497 e. The number of likely N-dealkylation sites (tertiary alicyclic amines) is 1. The number of benzene rings is 3. The molecule has 0 aliphatic carbocycles. The minimum atomic E-state index is 0.248. The molecule has 1 heterocycles. The summed E-state index contributed by atoms with van der Waals surface area (Å²) in [7, 11) is 3.54. The normalized spacial score (nSPS) is 13.2. The molecule has 3 nitrogen and oxygen atoms in total. The van der Waals surface area contributed by atoms with Crippen molar-refractivity contribution in [1.29, 1.82) is 0 Å². The average Bonchev–Trinajstić information content (AvgIpc) is 3.13. The van der Waals surface area contributed by atoms with Crippen molar-refractivity contribution in [3.63, 3.8) is 0 Å². The van der Waals surface area contributed by atoms with E-state index in [0.29, 0.717) is 5.91 Å². The number of carbonyl (C=O) groups excluding carboxylic acids is 1. The van der Waals surface area contributed by atoms with Gasteiger partial charge in [-0.1, -0.05) is 72.8 Å². The molecule has 144 valence electrons. The van der Waals surface area contributed by atoms with Crippen LogP contribution in [0, 0.1) is 0 Å². The fourth-order valence-electron chi connectivity index (χ4n) is 3.45. The summed E-state index contributed by atoms with van der Waals surface area (Å²) in [6.45, 7) is 0.957. The van der Waals surface area contributed by atoms with Crippen LogP contribution in [0.5, 0.6) is 5.75 Å². The zero-order chi connectivity index (χ0) is 19.8. The van der Waals surface area contributed by atoms with Gasteiger partial charge in [0.1, 0.15) is 5.75 Å². The Hall–Kier alpha value is -3.07. The Labute approximate surface area is 167 Å². The molecule has 0 bridgehead atoms. The van der Waals surface area contributed by atoms with E-state index in [4.69, 9.17) is 4.74 Å². The van der Waals surface area contributed by atoms with E-state index in [1.54, 1.807) is 12.0 Å². The second-order valence-electron chi connectivity index (χ2n) is 6.95. The van der Waals surface area contributed by atoms with Gasteiger partial charge in [0.25, 0.3) is 0 Å². The van der Waals surface area contributed by atoms with Crippen LogP contribution in [0.25, 0.3) is 0 Å². The van der Waals surface area contributed by atoms with Crippen molar-refractivity contribution in [2.24, 2.45) is 0 Å². The van der Waals surface area contributed by atoms with Gasteiger partial charge >= 0.3 is 0 Å². The van der Waals surface area contributed by atoms with Gasteiger partial charge in [0, 0.05) is 25.9 Å². The van der Waals surface area contributed by atoms with Crippen molar-refractivity contribution >= 4 is 5.91 Å². The number of hydrogen-bond acceptors (Lipinski definition) is 2. The third-order valence-corrected chi connectivity index (χ3v) is 5.02. The third kappa shape index (κ3) is 5.01. The molecule has 0 atom stereocenters. The maximum atomic E-state index is 10.5. The number of carbonyl (C=O) groups is 1. The number of methoxy groups -OCH3 is 1. The van der Waals surface area contributed by atoms with Crippen molar-refractivity contribution in [1.82, 2.24) is 4.90 Å². The molecule has 0 radical (unpaired) electrons. The second kappa shape index (κ2) is 9.75. The monoisotopic (exact) mass is 373 g/mol. The highest BCUT2D eigenvalue weighted by Gasteiger charge is 2.16. The summed E-state index contributed by atoms with van der Waals surface area (Å²) in [6, 6.07) is 29.5. The van der Waals surface area contributed by atoms with Crippen molar-refractivity contribution in [2.75, 3.05) is 20.7 Å². The van der Waals surface area contributed by atoms with Gasteiger partial charge in [0.15, 0.2) is 0 Å². The van der Waals surface area contributed by atoms with E-state index >= 15 is 0 Å². The molecule has 1 aliphatic rings. The van der Waals surface area contributed by atoms with E-state index in [2.05, 4.69) is 72.8 Å². The molecule has 0 saturated carbocycles. The Kier molecular flexibility index (Phi) is 6.85. The first-order chi connectivity index (χ1) is 13.7. The lowest BCUT2D eigenvalue weighted by Crippen LogP contribution is -2.17. The van der Waals surface area contributed by atoms with E-state index in [9.17, 15) is 4.79 Å². The van der Waals surface area contributed by atoms with E-state index in [1.807, 2.05) is 19.2 Å². The molecule has 3 aromatic carbocycles. The molecule has 28 heavy (non-hydrogen) atoms. The molecule has 0 N–H and O–H groups in total. The molecule has 3 aromatic rings. The highest BCUT2D eigenvalue weighted by molar-refractivity contribution is 5.77. The average molecular weight is 373 g/mol. The van der Waals surface area contributed by atoms with Gasteiger partial charge in [-0.05, 0) is 35.2 Å². The number of rotatable bonds is 4. The van der Waals surface area contributed by atoms with Crippen LogP contribution in [0.4, 0.5) is 0 Å². The van der Waals surface area contributed by atoms with Gasteiger partial charge in [0.2, 0.25) is 5.91 Å². The first kappa shape index (κ1) is 19.7. The minimum absolute atomic E-state index is 0.248. The van der Waals surface area contributed by atoms with Crippen molar-refractivity contribution in [2.45, 2.75) is 18.8 Å². The predicted molar refractivity (Wildman–Crippen MR) is 114 cm³/mol. The van der Waals surface area contributed by atoms with Gasteiger partial charge < -0.3 is 9.64 Å². The maximum absolute atomic E-state index is 10.5. The van der Waals surface area contributed by atoms with Crippen molar-refractivity contribution in [3.8, 4) is 5.75 Å². The highest BCUT2D eigenvalue weighted by Crippen LogP contribution is 2.32. The predicted octanol–water partition coefficient (Wildman–Crippen LogP) is 5.11. The smallest absolute Gasteiger partial charge is 0.222 e. The van der Waals surface area contributed by atoms with E-state index in [0.717, 1.165) is 25.1 Å². The van der Waals surface area contributed by atoms with Crippen LogP contribution in [-0.2, 0) is 4.79 Å². The van der Waals surface area contributed by atoms with E-state index in [1.165, 1.54) is 16.7 Å². The summed E-state index contributed by atoms with van der Waals surface area (Å²) in [5.74, 6) is 1.43. The molecule has 0 spiro atoms. The lowest BCUT2D eigenvalue weighted by molar-refractivity contribution is -0.126. The summed E-state index contributed by atoms with van der Waals surface area (Å²) in [6.07, 6.45) is 1.81. The molecular weight excluding hydrogens is 346 g/mol. The fraction of sp³-hybridized carbons (Fsp3) is 0.240. The van der Waals surface area contributed by atoms with Crippen LogP contribution >= 0.6 is 0 Å². The molecule has 0 unspecified atom stereocenters. The zero-order valence-electron chi connectivity index (χ0n) is 16.5. The van der Waals surface area contributed by atoms with Crippen LogP contribution in [0.1, 0.15) is 35.4 Å². The molecule has 3 heteroatoms. The van der Waals surface area contributed by atoms with E-state index in [-0.39, 0.29) is 5.92 Å². The van der Waals surface area contributed by atoms with Crippen LogP contribution in [0.2, 0.25) is 0 Å². The molecule has 4 rings (SSSR count). The minimum Gasteiger partial charge on any atom is -0.497 e. The summed E-state index contributed by atoms with van der Waals surface area (Å²) in [4.78, 5) is 12.3. The Balaban J connectivity index is 0.000000271. The lowest BCUT2D eigenvalue weighted by atomic mass is 9.85. The van der Waals surface area contributed by atoms with Crippen LogP contribution in [0.15, 0.2) is 84.9 Å². The summed E-state index contributed by atoms with van der Waals surface area (Å²) in [5.41, 5.74) is 3.87. The molecule has 1 fully saturated rings. The Bertz CT molecular complexity index is 821. The molecular formula is C25H27NO2. The molecule has 1 saturated heterocycles. The lowest BCUT2D eigenvalue weighted by Gasteiger charge is -2.19. The van der Waals surface area contributed by atoms with E-state index < -0.39 is 0 Å². The summed E-state index contributed by atoms with van der Waals surface area (Å²) in [5, 5.41) is 0. The Morgan fingerprint density at radius 3 is 1.64 bits per heavy atom. The second-order valence-corrected chi connectivity index (χ2v) is 6.95. The molecule has 1 amide bonds. The zero-order valence-corrected chi connectivity index (χ0v) is 16.5. The number of nitrogens with zero attached hydrogens (tertiary/aromatic N) is 1. The number of hydrogen-bond donors (Lipinski definition) is 0. The fourth-order valence-corrected chi connectivity index (χ4v) is 3.45. The van der Waals surface area contributed by atoms with Gasteiger partial charge in [-0.15, -0.1) is 0 Å². The topological polar surface area (TPSA) is 29.5 Å². The summed E-state index contributed by atoms with van der Waals surface area (Å²) < 4.78 is 5.26. The first-order valence-electron chi connectivity index (χ1n) is 9.67. The number of amides is 1. The summed E-state index contributed by atoms with van der Waals surface area (Å²) >= 11 is 0. The highest BCUT2D eigenvalue weighted by atomic mass is 16.5. The van der Waals surface area contributed by atoms with Crippen molar-refractivity contribution in [3.05, 3.63) is 102 Å². The van der Waals surface area contributed by atoms with Crippen LogP contribution in [0.3, 0.4) is 0 Å². The van der Waals surface area contributed by atoms with Crippen LogP contribution in [-0.4, -0.2) is 31.5 Å². The Morgan fingerprint density at radius 2 is 1.29 bits per heavy atom. The molecule has 1 aliphatic heterocycles. The SMILES string of the molecule is CN1CCCC1=O.COc1ccc(C(c2ccccc2)c2ccccc2)cc1. The van der Waals surface area contributed by atoms with Crippen LogP contribution < -0.4 is 4.74 Å². The third-order valence-electron chi connectivity index (χ3n) is 5.02.